The molecule has 0 fully saturated rings. The van der Waals surface area contributed by atoms with E-state index in [4.69, 9.17) is 4.74 Å². The lowest BCUT2D eigenvalue weighted by atomic mass is 9.91. The number of aromatic nitrogens is 1. The fourth-order valence-corrected chi connectivity index (χ4v) is 1.74. The summed E-state index contributed by atoms with van der Waals surface area (Å²) in [7, 11) is 0. The summed E-state index contributed by atoms with van der Waals surface area (Å²) in [5, 5.41) is 3.43. The van der Waals surface area contributed by atoms with Crippen molar-refractivity contribution in [3.63, 3.8) is 0 Å². The molecule has 0 aliphatic rings. The van der Waals surface area contributed by atoms with Crippen LogP contribution in [0.15, 0.2) is 12.1 Å². The second-order valence-corrected chi connectivity index (χ2v) is 5.97. The Hall–Kier alpha value is -1.09. The number of ether oxygens (including phenoxy) is 1. The van der Waals surface area contributed by atoms with Gasteiger partial charge < -0.3 is 10.1 Å². The van der Waals surface area contributed by atoms with E-state index in [0.29, 0.717) is 0 Å². The highest BCUT2D eigenvalue weighted by atomic mass is 16.5. The SMILES string of the molecule is CCCNCc1cc(OCCC)nc(C(C)(C)C)c1. The van der Waals surface area contributed by atoms with Crippen LogP contribution in [-0.4, -0.2) is 18.1 Å². The number of nitrogens with one attached hydrogen (secondary N) is 1. The van der Waals surface area contributed by atoms with Gasteiger partial charge in [0.15, 0.2) is 0 Å². The molecule has 3 nitrogen and oxygen atoms in total. The molecular weight excluding hydrogens is 236 g/mol. The van der Waals surface area contributed by atoms with Crippen LogP contribution in [0.4, 0.5) is 0 Å². The first kappa shape index (κ1) is 16.0. The Labute approximate surface area is 117 Å². The Morgan fingerprint density at radius 1 is 1.16 bits per heavy atom. The molecule has 1 rings (SSSR count). The van der Waals surface area contributed by atoms with Crippen LogP contribution in [0.5, 0.6) is 5.88 Å². The predicted octanol–water partition coefficient (Wildman–Crippen LogP) is 3.67. The van der Waals surface area contributed by atoms with Crippen molar-refractivity contribution in [2.45, 2.75) is 59.4 Å². The minimum Gasteiger partial charge on any atom is -0.478 e. The topological polar surface area (TPSA) is 34.1 Å². The van der Waals surface area contributed by atoms with Crippen LogP contribution in [0.2, 0.25) is 0 Å². The van der Waals surface area contributed by atoms with Crippen LogP contribution in [0.25, 0.3) is 0 Å². The molecule has 1 aromatic heterocycles. The van der Waals surface area contributed by atoms with Crippen LogP contribution in [-0.2, 0) is 12.0 Å². The Balaban J connectivity index is 2.89. The number of nitrogens with zero attached hydrogens (tertiary/aromatic N) is 1. The molecular formula is C16H28N2O. The molecule has 0 unspecified atom stereocenters. The molecule has 0 spiro atoms. The Morgan fingerprint density at radius 2 is 1.89 bits per heavy atom. The van der Waals surface area contributed by atoms with Gasteiger partial charge in [-0.1, -0.05) is 34.6 Å². The molecule has 0 radical (unpaired) electrons. The number of rotatable bonds is 7. The van der Waals surface area contributed by atoms with Crippen molar-refractivity contribution in [2.75, 3.05) is 13.2 Å². The molecule has 0 saturated carbocycles. The molecule has 0 aliphatic heterocycles. The lowest BCUT2D eigenvalue weighted by Crippen LogP contribution is -2.18. The smallest absolute Gasteiger partial charge is 0.213 e. The molecule has 0 bridgehead atoms. The van der Waals surface area contributed by atoms with E-state index in [1.54, 1.807) is 0 Å². The molecule has 0 aromatic carbocycles. The van der Waals surface area contributed by atoms with Gasteiger partial charge in [0, 0.05) is 18.0 Å². The lowest BCUT2D eigenvalue weighted by molar-refractivity contribution is 0.302. The third kappa shape index (κ3) is 5.60. The Bertz CT molecular complexity index is 383. The van der Waals surface area contributed by atoms with E-state index in [-0.39, 0.29) is 5.41 Å². The van der Waals surface area contributed by atoms with Gasteiger partial charge >= 0.3 is 0 Å². The predicted molar refractivity (Wildman–Crippen MR) is 80.7 cm³/mol. The van der Waals surface area contributed by atoms with Gasteiger partial charge in [-0.05, 0) is 31.0 Å². The van der Waals surface area contributed by atoms with E-state index in [2.05, 4.69) is 51.0 Å². The zero-order valence-corrected chi connectivity index (χ0v) is 13.0. The summed E-state index contributed by atoms with van der Waals surface area (Å²) >= 11 is 0. The minimum atomic E-state index is 0.0467. The molecule has 1 N–H and O–H groups in total. The van der Waals surface area contributed by atoms with Crippen molar-refractivity contribution in [3.8, 4) is 5.88 Å². The fraction of sp³-hybridized carbons (Fsp3) is 0.688. The highest BCUT2D eigenvalue weighted by Gasteiger charge is 2.17. The molecule has 0 atom stereocenters. The van der Waals surface area contributed by atoms with Crippen molar-refractivity contribution >= 4 is 0 Å². The van der Waals surface area contributed by atoms with Crippen molar-refractivity contribution in [2.24, 2.45) is 0 Å². The van der Waals surface area contributed by atoms with Crippen molar-refractivity contribution in [1.82, 2.24) is 10.3 Å². The van der Waals surface area contributed by atoms with Gasteiger partial charge in [0.05, 0.1) is 12.3 Å². The van der Waals surface area contributed by atoms with Gasteiger partial charge in [0.2, 0.25) is 5.88 Å². The fourth-order valence-electron chi connectivity index (χ4n) is 1.74. The Morgan fingerprint density at radius 3 is 2.47 bits per heavy atom. The quantitative estimate of drug-likeness (QED) is 0.763. The van der Waals surface area contributed by atoms with E-state index < -0.39 is 0 Å². The average Bonchev–Trinajstić information content (AvgIpc) is 2.35. The monoisotopic (exact) mass is 264 g/mol. The molecule has 3 heteroatoms. The average molecular weight is 264 g/mol. The van der Waals surface area contributed by atoms with Crippen molar-refractivity contribution in [3.05, 3.63) is 23.4 Å². The first-order chi connectivity index (χ1) is 8.97. The number of hydrogen-bond acceptors (Lipinski definition) is 3. The van der Waals surface area contributed by atoms with E-state index in [9.17, 15) is 0 Å². The van der Waals surface area contributed by atoms with E-state index in [1.165, 1.54) is 5.56 Å². The molecule has 1 aromatic rings. The Kier molecular flexibility index (Phi) is 6.29. The molecule has 0 saturated heterocycles. The third-order valence-electron chi connectivity index (χ3n) is 2.84. The van der Waals surface area contributed by atoms with Crippen LogP contribution >= 0.6 is 0 Å². The minimum absolute atomic E-state index is 0.0467. The third-order valence-corrected chi connectivity index (χ3v) is 2.84. The summed E-state index contributed by atoms with van der Waals surface area (Å²) in [5.74, 6) is 0.752. The van der Waals surface area contributed by atoms with Crippen LogP contribution < -0.4 is 10.1 Å². The number of pyridine rings is 1. The summed E-state index contributed by atoms with van der Waals surface area (Å²) in [6.45, 7) is 13.5. The second-order valence-electron chi connectivity index (χ2n) is 5.97. The van der Waals surface area contributed by atoms with Gasteiger partial charge in [-0.15, -0.1) is 0 Å². The first-order valence-electron chi connectivity index (χ1n) is 7.32. The summed E-state index contributed by atoms with van der Waals surface area (Å²) in [6.07, 6.45) is 2.15. The molecule has 19 heavy (non-hydrogen) atoms. The van der Waals surface area contributed by atoms with E-state index in [0.717, 1.165) is 44.1 Å². The molecule has 1 heterocycles. The molecule has 108 valence electrons. The number of hydrogen-bond donors (Lipinski definition) is 1. The molecule has 0 amide bonds. The van der Waals surface area contributed by atoms with Gasteiger partial charge in [0.25, 0.3) is 0 Å². The van der Waals surface area contributed by atoms with Gasteiger partial charge in [-0.25, -0.2) is 4.98 Å². The maximum atomic E-state index is 5.70. The summed E-state index contributed by atoms with van der Waals surface area (Å²) in [6, 6.07) is 4.23. The zero-order chi connectivity index (χ0) is 14.3. The van der Waals surface area contributed by atoms with Gasteiger partial charge in [-0.3, -0.25) is 0 Å². The molecule has 0 aliphatic carbocycles. The highest BCUT2D eigenvalue weighted by Crippen LogP contribution is 2.24. The van der Waals surface area contributed by atoms with Gasteiger partial charge in [-0.2, -0.15) is 0 Å². The van der Waals surface area contributed by atoms with Crippen LogP contribution in [0.1, 0.15) is 58.7 Å². The maximum Gasteiger partial charge on any atom is 0.213 e. The van der Waals surface area contributed by atoms with Gasteiger partial charge in [0.1, 0.15) is 0 Å². The maximum absolute atomic E-state index is 5.70. The van der Waals surface area contributed by atoms with Crippen molar-refractivity contribution < 1.29 is 4.74 Å². The van der Waals surface area contributed by atoms with Crippen LogP contribution in [0, 0.1) is 0 Å². The largest absolute Gasteiger partial charge is 0.478 e. The summed E-state index contributed by atoms with van der Waals surface area (Å²) in [5.41, 5.74) is 2.39. The standard InChI is InChI=1S/C16H28N2O/c1-6-8-17-12-13-10-14(16(3,4)5)18-15(11-13)19-9-7-2/h10-11,17H,6-9,12H2,1-5H3. The van der Waals surface area contributed by atoms with Crippen LogP contribution in [0.3, 0.4) is 0 Å². The lowest BCUT2D eigenvalue weighted by Gasteiger charge is -2.20. The summed E-state index contributed by atoms with van der Waals surface area (Å²) in [4.78, 5) is 4.62. The first-order valence-corrected chi connectivity index (χ1v) is 7.32. The highest BCUT2D eigenvalue weighted by molar-refractivity contribution is 5.28. The van der Waals surface area contributed by atoms with E-state index >= 15 is 0 Å². The normalized spacial score (nSPS) is 11.6. The zero-order valence-electron chi connectivity index (χ0n) is 13.0. The second kappa shape index (κ2) is 7.49. The summed E-state index contributed by atoms with van der Waals surface area (Å²) < 4.78 is 5.70. The van der Waals surface area contributed by atoms with E-state index in [1.807, 2.05) is 6.07 Å². The van der Waals surface area contributed by atoms with Crippen molar-refractivity contribution in [1.29, 1.82) is 0 Å².